The molecule has 2 aromatic carbocycles. The van der Waals surface area contributed by atoms with Crippen molar-refractivity contribution in [1.82, 2.24) is 0 Å². The van der Waals surface area contributed by atoms with Gasteiger partial charge in [0.1, 0.15) is 23.0 Å². The molecule has 0 saturated heterocycles. The molecule has 0 bridgehead atoms. The third kappa shape index (κ3) is 5.77. The summed E-state index contributed by atoms with van der Waals surface area (Å²) in [7, 11) is 0. The van der Waals surface area contributed by atoms with E-state index in [1.807, 2.05) is 50.2 Å². The molecule has 0 spiro atoms. The van der Waals surface area contributed by atoms with Crippen molar-refractivity contribution < 1.29 is 23.5 Å². The summed E-state index contributed by atoms with van der Waals surface area (Å²) in [4.78, 5) is 23.3. The molecule has 3 aromatic rings. The Morgan fingerprint density at radius 1 is 0.667 bits per heavy atom. The Morgan fingerprint density at radius 2 is 1.15 bits per heavy atom. The minimum atomic E-state index is -0.457. The summed E-state index contributed by atoms with van der Waals surface area (Å²) in [5.74, 6) is 1.46. The van der Waals surface area contributed by atoms with Crippen LogP contribution >= 0.6 is 0 Å². The number of hydrogen-bond acceptors (Lipinski definition) is 5. The molecule has 0 radical (unpaired) electrons. The summed E-state index contributed by atoms with van der Waals surface area (Å²) in [6.45, 7) is 14.4. The van der Waals surface area contributed by atoms with E-state index < -0.39 is 11.9 Å². The number of hydrogen-bond donors (Lipinski definition) is 0. The van der Waals surface area contributed by atoms with Gasteiger partial charge in [-0.3, -0.25) is 0 Å². The van der Waals surface area contributed by atoms with E-state index in [4.69, 9.17) is 13.9 Å². The minimum absolute atomic E-state index is 0.343. The lowest BCUT2D eigenvalue weighted by Crippen LogP contribution is -2.07. The summed E-state index contributed by atoms with van der Waals surface area (Å²) in [5, 5.41) is 0. The summed E-state index contributed by atoms with van der Waals surface area (Å²) in [6, 6.07) is 18.2. The molecule has 0 saturated carbocycles. The topological polar surface area (TPSA) is 65.7 Å². The van der Waals surface area contributed by atoms with Crippen molar-refractivity contribution >= 4 is 23.1 Å². The zero-order valence-electron chi connectivity index (χ0n) is 19.2. The summed E-state index contributed by atoms with van der Waals surface area (Å²) in [5.41, 5.74) is 4.57. The maximum Gasteiger partial charge on any atom is 0.338 e. The number of rotatable bonds is 7. The molecule has 0 aliphatic rings. The highest BCUT2D eigenvalue weighted by molar-refractivity contribution is 5.90. The fraction of sp³-hybridized carbons (Fsp3) is 0.143. The van der Waals surface area contributed by atoms with Gasteiger partial charge in [-0.25, -0.2) is 9.59 Å². The molecular formula is C28H26O5. The highest BCUT2D eigenvalue weighted by Crippen LogP contribution is 2.31. The highest BCUT2D eigenvalue weighted by atomic mass is 16.5. The van der Waals surface area contributed by atoms with Crippen LogP contribution in [0.4, 0.5) is 0 Å². The largest absolute Gasteiger partial charge is 0.456 e. The van der Waals surface area contributed by atoms with Gasteiger partial charge in [-0.2, -0.15) is 0 Å². The van der Waals surface area contributed by atoms with Crippen LogP contribution in [0.3, 0.4) is 0 Å². The molecule has 0 atom stereocenters. The quantitative estimate of drug-likeness (QED) is 0.227. The average Bonchev–Trinajstić information content (AvgIpc) is 3.29. The molecular weight excluding hydrogens is 416 g/mol. The van der Waals surface area contributed by atoms with Gasteiger partial charge in [0.2, 0.25) is 0 Å². The molecule has 33 heavy (non-hydrogen) atoms. The number of furan rings is 1. The highest BCUT2D eigenvalue weighted by Gasteiger charge is 2.12. The Hall–Kier alpha value is -4.12. The minimum Gasteiger partial charge on any atom is -0.456 e. The van der Waals surface area contributed by atoms with Gasteiger partial charge in [-0.15, -0.1) is 0 Å². The Labute approximate surface area is 193 Å². The van der Waals surface area contributed by atoms with Crippen LogP contribution in [0.2, 0.25) is 0 Å². The second-order valence-corrected chi connectivity index (χ2v) is 7.80. The van der Waals surface area contributed by atoms with Crippen molar-refractivity contribution in [3.8, 4) is 22.8 Å². The third-order valence-electron chi connectivity index (χ3n) is 5.08. The van der Waals surface area contributed by atoms with Crippen LogP contribution in [0.15, 0.2) is 89.4 Å². The predicted molar refractivity (Wildman–Crippen MR) is 130 cm³/mol. The SMILES string of the molecule is C=C(C)C(=O)Oc1ccc(/C(C)=C(\C)c2ccc(-c3ccc(OC(=O)C(=C)C)cc3)o2)cc1. The van der Waals surface area contributed by atoms with Crippen LogP contribution in [-0.2, 0) is 9.59 Å². The first-order valence-corrected chi connectivity index (χ1v) is 10.4. The molecule has 1 aromatic heterocycles. The first-order valence-electron chi connectivity index (χ1n) is 10.4. The number of benzene rings is 2. The Morgan fingerprint density at radius 3 is 1.64 bits per heavy atom. The van der Waals surface area contributed by atoms with Gasteiger partial charge >= 0.3 is 11.9 Å². The van der Waals surface area contributed by atoms with Crippen LogP contribution < -0.4 is 9.47 Å². The fourth-order valence-electron chi connectivity index (χ4n) is 2.94. The monoisotopic (exact) mass is 442 g/mol. The van der Waals surface area contributed by atoms with E-state index >= 15 is 0 Å². The van der Waals surface area contributed by atoms with Crippen molar-refractivity contribution in [2.75, 3.05) is 0 Å². The van der Waals surface area contributed by atoms with E-state index in [2.05, 4.69) is 13.2 Å². The van der Waals surface area contributed by atoms with Gasteiger partial charge < -0.3 is 13.9 Å². The third-order valence-corrected chi connectivity index (χ3v) is 5.08. The molecule has 0 aliphatic heterocycles. The van der Waals surface area contributed by atoms with E-state index in [1.54, 1.807) is 38.1 Å². The molecule has 3 rings (SSSR count). The maximum absolute atomic E-state index is 11.7. The standard InChI is InChI=1S/C28H26O5/c1-17(2)27(29)31-23-11-7-21(8-12-23)19(5)20(6)25-15-16-26(33-25)22-9-13-24(14-10-22)32-28(30)18(3)4/h7-16H,1,3H2,2,4-6H3/b20-19+. The van der Waals surface area contributed by atoms with Crippen molar-refractivity contribution in [3.63, 3.8) is 0 Å². The van der Waals surface area contributed by atoms with Gasteiger partial charge in [0.05, 0.1) is 0 Å². The molecule has 0 amide bonds. The fourth-order valence-corrected chi connectivity index (χ4v) is 2.94. The van der Waals surface area contributed by atoms with Crippen molar-refractivity contribution in [2.45, 2.75) is 27.7 Å². The van der Waals surface area contributed by atoms with Crippen LogP contribution in [0.25, 0.3) is 22.5 Å². The smallest absolute Gasteiger partial charge is 0.338 e. The lowest BCUT2D eigenvalue weighted by Gasteiger charge is -2.08. The second-order valence-electron chi connectivity index (χ2n) is 7.80. The number of carbonyl (C=O) groups excluding carboxylic acids is 2. The normalized spacial score (nSPS) is 11.4. The second kappa shape index (κ2) is 10.0. The van der Waals surface area contributed by atoms with Crippen molar-refractivity contribution in [2.24, 2.45) is 0 Å². The Balaban J connectivity index is 1.76. The van der Waals surface area contributed by atoms with Crippen LogP contribution in [-0.4, -0.2) is 11.9 Å². The molecule has 168 valence electrons. The molecule has 1 heterocycles. The number of esters is 2. The van der Waals surface area contributed by atoms with E-state index in [1.165, 1.54) is 0 Å². The molecule has 5 heteroatoms. The van der Waals surface area contributed by atoms with Crippen LogP contribution in [0, 0.1) is 0 Å². The molecule has 0 N–H and O–H groups in total. The molecule has 0 aliphatic carbocycles. The van der Waals surface area contributed by atoms with E-state index in [0.717, 1.165) is 28.0 Å². The van der Waals surface area contributed by atoms with E-state index in [0.29, 0.717) is 28.4 Å². The Bertz CT molecular complexity index is 1240. The van der Waals surface area contributed by atoms with Gasteiger partial charge in [0, 0.05) is 16.7 Å². The number of carbonyl (C=O) groups is 2. The lowest BCUT2D eigenvalue weighted by atomic mass is 10.0. The zero-order chi connectivity index (χ0) is 24.1. The summed E-state index contributed by atoms with van der Waals surface area (Å²) >= 11 is 0. The first-order chi connectivity index (χ1) is 15.7. The maximum atomic E-state index is 11.7. The summed E-state index contributed by atoms with van der Waals surface area (Å²) in [6.07, 6.45) is 0. The number of ether oxygens (including phenoxy) is 2. The van der Waals surface area contributed by atoms with Crippen molar-refractivity contribution in [1.29, 1.82) is 0 Å². The molecule has 0 unspecified atom stereocenters. The zero-order valence-corrected chi connectivity index (χ0v) is 19.2. The first kappa shape index (κ1) is 23.5. The van der Waals surface area contributed by atoms with E-state index in [9.17, 15) is 9.59 Å². The summed E-state index contributed by atoms with van der Waals surface area (Å²) < 4.78 is 16.5. The predicted octanol–water partition coefficient (Wildman–Crippen LogP) is 6.86. The average molecular weight is 443 g/mol. The van der Waals surface area contributed by atoms with Gasteiger partial charge in [-0.1, -0.05) is 25.3 Å². The number of allylic oxidation sites excluding steroid dienone is 2. The Kier molecular flexibility index (Phi) is 7.13. The van der Waals surface area contributed by atoms with Crippen LogP contribution in [0.5, 0.6) is 11.5 Å². The van der Waals surface area contributed by atoms with E-state index in [-0.39, 0.29) is 0 Å². The lowest BCUT2D eigenvalue weighted by molar-refractivity contribution is -0.130. The molecule has 5 nitrogen and oxygen atoms in total. The van der Waals surface area contributed by atoms with Gasteiger partial charge in [-0.05, 0) is 92.9 Å². The van der Waals surface area contributed by atoms with Crippen molar-refractivity contribution in [3.05, 3.63) is 96.3 Å². The molecule has 0 fully saturated rings. The van der Waals surface area contributed by atoms with Gasteiger partial charge in [0.15, 0.2) is 0 Å². The van der Waals surface area contributed by atoms with Gasteiger partial charge in [0.25, 0.3) is 0 Å². The van der Waals surface area contributed by atoms with Crippen LogP contribution in [0.1, 0.15) is 39.0 Å².